The molecular formula is C21H37IN6O2. The molecule has 0 bridgehead atoms. The first kappa shape index (κ1) is 24.9. The molecule has 2 aliphatic rings. The molecule has 1 N–H and O–H groups in total. The van der Waals surface area contributed by atoms with Gasteiger partial charge in [0.05, 0.1) is 6.26 Å². The third-order valence-corrected chi connectivity index (χ3v) is 5.64. The lowest BCUT2D eigenvalue weighted by atomic mass is 10.3. The number of furan rings is 1. The Morgan fingerprint density at radius 1 is 1.10 bits per heavy atom. The zero-order chi connectivity index (χ0) is 20.5. The van der Waals surface area contributed by atoms with Crippen molar-refractivity contribution in [3.63, 3.8) is 0 Å². The molecule has 2 aliphatic heterocycles. The van der Waals surface area contributed by atoms with Gasteiger partial charge in [0.15, 0.2) is 11.7 Å². The van der Waals surface area contributed by atoms with Crippen LogP contribution >= 0.6 is 24.0 Å². The molecule has 3 rings (SSSR count). The van der Waals surface area contributed by atoms with Gasteiger partial charge in [0.1, 0.15) is 0 Å². The number of aliphatic imine (C=N–C) groups is 1. The number of rotatable bonds is 6. The van der Waals surface area contributed by atoms with Gasteiger partial charge >= 0.3 is 0 Å². The summed E-state index contributed by atoms with van der Waals surface area (Å²) in [4.78, 5) is 26.4. The summed E-state index contributed by atoms with van der Waals surface area (Å²) in [6, 6.07) is 3.48. The van der Waals surface area contributed by atoms with Gasteiger partial charge in [-0.15, -0.1) is 24.0 Å². The van der Waals surface area contributed by atoms with Crippen LogP contribution in [-0.2, 0) is 0 Å². The van der Waals surface area contributed by atoms with Crippen molar-refractivity contribution in [2.45, 2.75) is 19.8 Å². The monoisotopic (exact) mass is 532 g/mol. The maximum atomic E-state index is 12.4. The molecular weight excluding hydrogens is 495 g/mol. The van der Waals surface area contributed by atoms with Gasteiger partial charge in [0, 0.05) is 52.4 Å². The van der Waals surface area contributed by atoms with Crippen molar-refractivity contribution in [1.29, 1.82) is 0 Å². The molecule has 1 amide bonds. The van der Waals surface area contributed by atoms with Crippen LogP contribution in [0.5, 0.6) is 0 Å². The van der Waals surface area contributed by atoms with Gasteiger partial charge in [-0.05, 0) is 58.6 Å². The lowest BCUT2D eigenvalue weighted by molar-refractivity contribution is 0.0657. The Labute approximate surface area is 197 Å². The molecule has 30 heavy (non-hydrogen) atoms. The Balaban J connectivity index is 0.00000320. The van der Waals surface area contributed by atoms with Crippen LogP contribution in [-0.4, -0.2) is 111 Å². The predicted molar refractivity (Wildman–Crippen MR) is 131 cm³/mol. The molecule has 2 fully saturated rings. The summed E-state index contributed by atoms with van der Waals surface area (Å²) in [7, 11) is 2.21. The molecule has 0 saturated carbocycles. The van der Waals surface area contributed by atoms with E-state index in [0.29, 0.717) is 18.8 Å². The largest absolute Gasteiger partial charge is 0.459 e. The highest BCUT2D eigenvalue weighted by molar-refractivity contribution is 14.0. The Morgan fingerprint density at radius 3 is 2.57 bits per heavy atom. The highest BCUT2D eigenvalue weighted by Crippen LogP contribution is 2.10. The van der Waals surface area contributed by atoms with Gasteiger partial charge in [-0.2, -0.15) is 0 Å². The Morgan fingerprint density at radius 2 is 1.87 bits per heavy atom. The number of halogens is 1. The molecule has 1 aromatic rings. The molecule has 3 heterocycles. The number of hydrogen-bond donors (Lipinski definition) is 1. The molecule has 0 unspecified atom stereocenters. The minimum atomic E-state index is -0.0281. The highest BCUT2D eigenvalue weighted by Gasteiger charge is 2.25. The summed E-state index contributed by atoms with van der Waals surface area (Å²) in [5.41, 5.74) is 0. The smallest absolute Gasteiger partial charge is 0.289 e. The van der Waals surface area contributed by atoms with E-state index >= 15 is 0 Å². The highest BCUT2D eigenvalue weighted by atomic mass is 127. The van der Waals surface area contributed by atoms with Crippen molar-refractivity contribution in [1.82, 2.24) is 24.9 Å². The van der Waals surface area contributed by atoms with E-state index in [-0.39, 0.29) is 29.9 Å². The van der Waals surface area contributed by atoms with Crippen molar-refractivity contribution in [3.05, 3.63) is 24.2 Å². The predicted octanol–water partition coefficient (Wildman–Crippen LogP) is 1.65. The summed E-state index contributed by atoms with van der Waals surface area (Å²) in [6.45, 7) is 12.6. The van der Waals surface area contributed by atoms with Gasteiger partial charge in [0.2, 0.25) is 0 Å². The van der Waals surface area contributed by atoms with Gasteiger partial charge in [-0.3, -0.25) is 9.79 Å². The number of carbonyl (C=O) groups excluding carboxylic acids is 1. The summed E-state index contributed by atoms with van der Waals surface area (Å²) >= 11 is 0. The zero-order valence-electron chi connectivity index (χ0n) is 18.4. The van der Waals surface area contributed by atoms with Crippen LogP contribution in [0.15, 0.2) is 27.8 Å². The van der Waals surface area contributed by atoms with Crippen LogP contribution in [0.4, 0.5) is 0 Å². The van der Waals surface area contributed by atoms with Gasteiger partial charge < -0.3 is 29.3 Å². The minimum Gasteiger partial charge on any atom is -0.459 e. The average Bonchev–Trinajstić information content (AvgIpc) is 3.20. The fourth-order valence-electron chi connectivity index (χ4n) is 3.91. The standard InChI is InChI=1S/C21H36N6O2.HI/c1-3-22-21(23-8-5-10-25-11-6-9-24(2)12-13-25)27-16-14-26(15-17-27)20(28)19-7-4-18-29-19;/h4,7,18H,3,5-6,8-17H2,1-2H3,(H,22,23);1H. The number of carbonyl (C=O) groups is 1. The van der Waals surface area contributed by atoms with Crippen LogP contribution < -0.4 is 5.32 Å². The third kappa shape index (κ3) is 7.42. The van der Waals surface area contributed by atoms with Crippen molar-refractivity contribution in [2.75, 3.05) is 79.0 Å². The number of likely N-dealkylation sites (N-methyl/N-ethyl adjacent to an activating group) is 1. The first-order chi connectivity index (χ1) is 14.2. The Kier molecular flexibility index (Phi) is 10.9. The Hall–Kier alpha value is -1.33. The summed E-state index contributed by atoms with van der Waals surface area (Å²) in [5.74, 6) is 1.35. The Bertz CT molecular complexity index is 646. The van der Waals surface area contributed by atoms with E-state index in [1.807, 2.05) is 4.90 Å². The quantitative estimate of drug-likeness (QED) is 0.260. The van der Waals surface area contributed by atoms with E-state index in [0.717, 1.165) is 58.2 Å². The zero-order valence-corrected chi connectivity index (χ0v) is 20.7. The van der Waals surface area contributed by atoms with Crippen molar-refractivity contribution in [3.8, 4) is 0 Å². The van der Waals surface area contributed by atoms with E-state index < -0.39 is 0 Å². The second-order valence-electron chi connectivity index (χ2n) is 7.84. The van der Waals surface area contributed by atoms with Crippen LogP contribution in [0.1, 0.15) is 30.3 Å². The lowest BCUT2D eigenvalue weighted by Crippen LogP contribution is -2.53. The lowest BCUT2D eigenvalue weighted by Gasteiger charge is -2.36. The first-order valence-corrected chi connectivity index (χ1v) is 10.9. The first-order valence-electron chi connectivity index (χ1n) is 10.9. The average molecular weight is 532 g/mol. The molecule has 0 aromatic carbocycles. The molecule has 1 aromatic heterocycles. The molecule has 2 saturated heterocycles. The van der Waals surface area contributed by atoms with Crippen molar-refractivity contribution < 1.29 is 9.21 Å². The number of hydrogen-bond acceptors (Lipinski definition) is 5. The minimum absolute atomic E-state index is 0. The van der Waals surface area contributed by atoms with Gasteiger partial charge in [-0.25, -0.2) is 0 Å². The fourth-order valence-corrected chi connectivity index (χ4v) is 3.91. The topological polar surface area (TPSA) is 67.6 Å². The molecule has 0 radical (unpaired) electrons. The van der Waals surface area contributed by atoms with Crippen LogP contribution in [0.25, 0.3) is 0 Å². The summed E-state index contributed by atoms with van der Waals surface area (Å²) < 4.78 is 5.24. The van der Waals surface area contributed by atoms with Crippen molar-refractivity contribution in [2.24, 2.45) is 4.99 Å². The van der Waals surface area contributed by atoms with Crippen LogP contribution in [0.3, 0.4) is 0 Å². The van der Waals surface area contributed by atoms with E-state index in [1.165, 1.54) is 19.5 Å². The molecule has 170 valence electrons. The van der Waals surface area contributed by atoms with E-state index in [2.05, 4.69) is 34.0 Å². The number of guanidine groups is 1. The SMILES string of the molecule is CCNC(=NCCCN1CCCN(C)CC1)N1CCN(C(=O)c2ccco2)CC1.I. The maximum absolute atomic E-state index is 12.4. The van der Waals surface area contributed by atoms with Crippen LogP contribution in [0, 0.1) is 0 Å². The molecule has 9 heteroatoms. The number of piperazine rings is 1. The maximum Gasteiger partial charge on any atom is 0.289 e. The van der Waals surface area contributed by atoms with E-state index in [1.54, 1.807) is 18.4 Å². The number of nitrogens with zero attached hydrogens (tertiary/aromatic N) is 5. The second kappa shape index (κ2) is 13.2. The molecule has 0 atom stereocenters. The normalized spacial score (nSPS) is 19.3. The summed E-state index contributed by atoms with van der Waals surface area (Å²) in [6.07, 6.45) is 3.88. The number of nitrogens with one attached hydrogen (secondary N) is 1. The van der Waals surface area contributed by atoms with Gasteiger partial charge in [-0.1, -0.05) is 0 Å². The van der Waals surface area contributed by atoms with E-state index in [4.69, 9.17) is 9.41 Å². The molecule has 0 spiro atoms. The third-order valence-electron chi connectivity index (χ3n) is 5.64. The van der Waals surface area contributed by atoms with E-state index in [9.17, 15) is 4.79 Å². The second-order valence-corrected chi connectivity index (χ2v) is 7.84. The molecule has 8 nitrogen and oxygen atoms in total. The molecule has 0 aliphatic carbocycles. The number of amides is 1. The van der Waals surface area contributed by atoms with Crippen LogP contribution in [0.2, 0.25) is 0 Å². The van der Waals surface area contributed by atoms with Gasteiger partial charge in [0.25, 0.3) is 5.91 Å². The summed E-state index contributed by atoms with van der Waals surface area (Å²) in [5, 5.41) is 3.41. The van der Waals surface area contributed by atoms with Crippen molar-refractivity contribution >= 4 is 35.8 Å². The fraction of sp³-hybridized carbons (Fsp3) is 0.714.